The zero-order valence-corrected chi connectivity index (χ0v) is 9.56. The summed E-state index contributed by atoms with van der Waals surface area (Å²) in [4.78, 5) is 0. The van der Waals surface area contributed by atoms with E-state index in [4.69, 9.17) is 4.74 Å². The van der Waals surface area contributed by atoms with Gasteiger partial charge in [-0.05, 0) is 13.0 Å². The Balaban J connectivity index is 1.67. The summed E-state index contributed by atoms with van der Waals surface area (Å²) in [5, 5.41) is 3.50. The number of rotatable bonds is 9. The Bertz CT molecular complexity index is 123. The van der Waals surface area contributed by atoms with Crippen LogP contribution in [0.2, 0.25) is 0 Å². The molecular formula is C12H25NO. The number of nitrogens with one attached hydrogen (secondary N) is 1. The molecule has 1 aliphatic rings. The van der Waals surface area contributed by atoms with Crippen molar-refractivity contribution in [2.45, 2.75) is 57.9 Å². The first-order valence-electron chi connectivity index (χ1n) is 6.24. The molecule has 1 rings (SSSR count). The molecule has 0 radical (unpaired) electrons. The predicted octanol–water partition coefficient (Wildman–Crippen LogP) is 2.73. The topological polar surface area (TPSA) is 21.3 Å². The van der Waals surface area contributed by atoms with Crippen LogP contribution in [0.1, 0.15) is 51.9 Å². The van der Waals surface area contributed by atoms with E-state index in [1.54, 1.807) is 0 Å². The Labute approximate surface area is 88.4 Å². The minimum Gasteiger partial charge on any atom is -0.378 e. The van der Waals surface area contributed by atoms with E-state index >= 15 is 0 Å². The predicted molar refractivity (Wildman–Crippen MR) is 60.6 cm³/mol. The zero-order chi connectivity index (χ0) is 10.1. The third kappa shape index (κ3) is 5.61. The van der Waals surface area contributed by atoms with Gasteiger partial charge in [-0.1, -0.05) is 45.4 Å². The van der Waals surface area contributed by atoms with Crippen LogP contribution in [0.5, 0.6) is 0 Å². The standard InChI is InChI=1S/C12H25NO/c1-2-3-4-5-6-7-8-9-13-12-10-14-11-12/h12-13H,2-11H2,1H3. The molecule has 84 valence electrons. The molecule has 0 spiro atoms. The highest BCUT2D eigenvalue weighted by molar-refractivity contribution is 4.72. The molecule has 14 heavy (non-hydrogen) atoms. The minimum absolute atomic E-state index is 0.662. The fraction of sp³-hybridized carbons (Fsp3) is 1.00. The molecule has 2 heteroatoms. The van der Waals surface area contributed by atoms with Crippen molar-refractivity contribution in [2.24, 2.45) is 0 Å². The summed E-state index contributed by atoms with van der Waals surface area (Å²) in [6, 6.07) is 0.662. The van der Waals surface area contributed by atoms with Crippen LogP contribution < -0.4 is 5.32 Å². The van der Waals surface area contributed by atoms with Crippen LogP contribution in [-0.4, -0.2) is 25.8 Å². The monoisotopic (exact) mass is 199 g/mol. The normalized spacial score (nSPS) is 16.9. The lowest BCUT2D eigenvalue weighted by Gasteiger charge is -2.26. The van der Waals surface area contributed by atoms with Crippen molar-refractivity contribution >= 4 is 0 Å². The molecule has 0 amide bonds. The van der Waals surface area contributed by atoms with Crippen LogP contribution in [0.15, 0.2) is 0 Å². The number of hydrogen-bond donors (Lipinski definition) is 1. The fourth-order valence-corrected chi connectivity index (χ4v) is 1.74. The van der Waals surface area contributed by atoms with Crippen LogP contribution in [0.25, 0.3) is 0 Å². The van der Waals surface area contributed by atoms with E-state index in [0.717, 1.165) is 13.2 Å². The number of hydrogen-bond acceptors (Lipinski definition) is 2. The van der Waals surface area contributed by atoms with Crippen molar-refractivity contribution < 1.29 is 4.74 Å². The van der Waals surface area contributed by atoms with Crippen molar-refractivity contribution in [1.82, 2.24) is 5.32 Å². The van der Waals surface area contributed by atoms with E-state index in [-0.39, 0.29) is 0 Å². The Morgan fingerprint density at radius 1 is 1.00 bits per heavy atom. The van der Waals surface area contributed by atoms with E-state index in [1.807, 2.05) is 0 Å². The van der Waals surface area contributed by atoms with Crippen molar-refractivity contribution in [2.75, 3.05) is 19.8 Å². The highest BCUT2D eigenvalue weighted by atomic mass is 16.5. The molecule has 2 nitrogen and oxygen atoms in total. The first kappa shape index (κ1) is 12.0. The first-order chi connectivity index (χ1) is 6.93. The van der Waals surface area contributed by atoms with Gasteiger partial charge in [0.15, 0.2) is 0 Å². The van der Waals surface area contributed by atoms with Gasteiger partial charge in [-0.3, -0.25) is 0 Å². The SMILES string of the molecule is CCCCCCCCCNC1COC1. The number of unbranched alkanes of at least 4 members (excludes halogenated alkanes) is 6. The van der Waals surface area contributed by atoms with Gasteiger partial charge in [0.25, 0.3) is 0 Å². The van der Waals surface area contributed by atoms with Crippen molar-refractivity contribution in [3.05, 3.63) is 0 Å². The van der Waals surface area contributed by atoms with Gasteiger partial charge in [0.1, 0.15) is 0 Å². The fourth-order valence-electron chi connectivity index (χ4n) is 1.74. The van der Waals surface area contributed by atoms with Gasteiger partial charge in [0.2, 0.25) is 0 Å². The second-order valence-corrected chi connectivity index (χ2v) is 4.31. The van der Waals surface area contributed by atoms with Gasteiger partial charge in [0.05, 0.1) is 19.3 Å². The Morgan fingerprint density at radius 3 is 2.21 bits per heavy atom. The van der Waals surface area contributed by atoms with Gasteiger partial charge in [-0.15, -0.1) is 0 Å². The molecule has 0 aromatic rings. The average Bonchev–Trinajstić information content (AvgIpc) is 2.13. The van der Waals surface area contributed by atoms with Gasteiger partial charge in [-0.25, -0.2) is 0 Å². The highest BCUT2D eigenvalue weighted by Crippen LogP contribution is 2.06. The lowest BCUT2D eigenvalue weighted by Crippen LogP contribution is -2.46. The molecule has 0 aromatic carbocycles. The molecule has 1 N–H and O–H groups in total. The quantitative estimate of drug-likeness (QED) is 0.576. The van der Waals surface area contributed by atoms with Crippen LogP contribution >= 0.6 is 0 Å². The van der Waals surface area contributed by atoms with E-state index in [1.165, 1.54) is 51.5 Å². The first-order valence-corrected chi connectivity index (χ1v) is 6.24. The summed E-state index contributed by atoms with van der Waals surface area (Å²) in [5.41, 5.74) is 0. The molecule has 0 unspecified atom stereocenters. The second kappa shape index (κ2) is 8.25. The second-order valence-electron chi connectivity index (χ2n) is 4.31. The smallest absolute Gasteiger partial charge is 0.0643 e. The van der Waals surface area contributed by atoms with Gasteiger partial charge >= 0.3 is 0 Å². The maximum absolute atomic E-state index is 5.09. The average molecular weight is 199 g/mol. The van der Waals surface area contributed by atoms with Gasteiger partial charge < -0.3 is 10.1 Å². The van der Waals surface area contributed by atoms with E-state index < -0.39 is 0 Å². The van der Waals surface area contributed by atoms with Gasteiger partial charge in [0, 0.05) is 0 Å². The van der Waals surface area contributed by atoms with Crippen LogP contribution in [0.4, 0.5) is 0 Å². The van der Waals surface area contributed by atoms with E-state index in [9.17, 15) is 0 Å². The van der Waals surface area contributed by atoms with E-state index in [2.05, 4.69) is 12.2 Å². The lowest BCUT2D eigenvalue weighted by atomic mass is 10.1. The van der Waals surface area contributed by atoms with Crippen LogP contribution in [-0.2, 0) is 4.74 Å². The van der Waals surface area contributed by atoms with Crippen molar-refractivity contribution in [3.63, 3.8) is 0 Å². The number of ether oxygens (including phenoxy) is 1. The molecular weight excluding hydrogens is 174 g/mol. The van der Waals surface area contributed by atoms with Gasteiger partial charge in [-0.2, -0.15) is 0 Å². The largest absolute Gasteiger partial charge is 0.378 e. The maximum atomic E-state index is 5.09. The summed E-state index contributed by atoms with van der Waals surface area (Å²) in [5.74, 6) is 0. The summed E-state index contributed by atoms with van der Waals surface area (Å²) in [6.45, 7) is 5.30. The molecule has 0 saturated carbocycles. The summed E-state index contributed by atoms with van der Waals surface area (Å²) in [7, 11) is 0. The molecule has 0 bridgehead atoms. The molecule has 1 heterocycles. The Morgan fingerprint density at radius 2 is 1.64 bits per heavy atom. The molecule has 0 aromatic heterocycles. The molecule has 0 aliphatic carbocycles. The third-order valence-corrected chi connectivity index (χ3v) is 2.85. The maximum Gasteiger partial charge on any atom is 0.0643 e. The van der Waals surface area contributed by atoms with E-state index in [0.29, 0.717) is 6.04 Å². The van der Waals surface area contributed by atoms with Crippen LogP contribution in [0, 0.1) is 0 Å². The summed E-state index contributed by atoms with van der Waals surface area (Å²) >= 11 is 0. The minimum atomic E-state index is 0.662. The van der Waals surface area contributed by atoms with Crippen LogP contribution in [0.3, 0.4) is 0 Å². The highest BCUT2D eigenvalue weighted by Gasteiger charge is 2.16. The molecule has 1 saturated heterocycles. The Hall–Kier alpha value is -0.0800. The lowest BCUT2D eigenvalue weighted by molar-refractivity contribution is -0.00497. The summed E-state index contributed by atoms with van der Waals surface area (Å²) in [6.07, 6.45) is 9.78. The third-order valence-electron chi connectivity index (χ3n) is 2.85. The summed E-state index contributed by atoms with van der Waals surface area (Å²) < 4.78 is 5.09. The molecule has 1 fully saturated rings. The molecule has 1 aliphatic heterocycles. The Kier molecular flexibility index (Phi) is 7.06. The molecule has 0 atom stereocenters. The van der Waals surface area contributed by atoms with Crippen molar-refractivity contribution in [3.8, 4) is 0 Å². The van der Waals surface area contributed by atoms with Crippen molar-refractivity contribution in [1.29, 1.82) is 0 Å². The zero-order valence-electron chi connectivity index (χ0n) is 9.56.